The van der Waals surface area contributed by atoms with Crippen LogP contribution < -0.4 is 15.5 Å². The number of rotatable bonds is 6. The number of aliphatic hydroxyl groups is 1. The molecular formula is C21H34N3O2+. The molecule has 4 N–H and O–H groups in total. The lowest BCUT2D eigenvalue weighted by atomic mass is 9.66. The van der Waals surface area contributed by atoms with Crippen molar-refractivity contribution < 1.29 is 14.8 Å². The minimum Gasteiger partial charge on any atom is -0.389 e. The molecule has 1 amide bonds. The lowest BCUT2D eigenvalue weighted by molar-refractivity contribution is -0.937. The molecule has 1 unspecified atom stereocenters. The zero-order chi connectivity index (χ0) is 18.7. The van der Waals surface area contributed by atoms with E-state index in [0.717, 1.165) is 51.7 Å². The highest BCUT2D eigenvalue weighted by Crippen LogP contribution is 2.44. The largest absolute Gasteiger partial charge is 0.389 e. The second kappa shape index (κ2) is 7.97. The summed E-state index contributed by atoms with van der Waals surface area (Å²) in [5, 5.41) is 11.3. The van der Waals surface area contributed by atoms with Crippen molar-refractivity contribution >= 4 is 11.6 Å². The van der Waals surface area contributed by atoms with Crippen molar-refractivity contribution in [2.45, 2.75) is 57.6 Å². The number of likely N-dealkylation sites (tertiary alicyclic amines) is 1. The first-order chi connectivity index (χ1) is 12.5. The minimum absolute atomic E-state index is 0.146. The van der Waals surface area contributed by atoms with E-state index in [-0.39, 0.29) is 17.9 Å². The monoisotopic (exact) mass is 360 g/mol. The van der Waals surface area contributed by atoms with Crippen LogP contribution in [0.15, 0.2) is 24.3 Å². The fourth-order valence-corrected chi connectivity index (χ4v) is 5.23. The standard InChI is InChI=1S/C21H33N3O2/c1-3-23(4-2)17-10-8-16(9-11-17)20-18-7-5-6-12-21(18,26)13-14-24(20)15-19(22)25/h8-11,18,20,26H,3-7,12-15H2,1-2H3,(H2,22,25)/p+1/t18-,20+,21+/m1/s1. The van der Waals surface area contributed by atoms with Gasteiger partial charge in [0.2, 0.25) is 0 Å². The predicted octanol–water partition coefficient (Wildman–Crippen LogP) is 1.27. The summed E-state index contributed by atoms with van der Waals surface area (Å²) in [4.78, 5) is 15.2. The van der Waals surface area contributed by atoms with Crippen molar-refractivity contribution in [3.63, 3.8) is 0 Å². The van der Waals surface area contributed by atoms with E-state index >= 15 is 0 Å². The Kier molecular flexibility index (Phi) is 5.88. The second-order valence-electron chi connectivity index (χ2n) is 8.00. The van der Waals surface area contributed by atoms with Gasteiger partial charge >= 0.3 is 0 Å². The van der Waals surface area contributed by atoms with Gasteiger partial charge in [-0.1, -0.05) is 25.0 Å². The van der Waals surface area contributed by atoms with E-state index in [0.29, 0.717) is 6.54 Å². The lowest BCUT2D eigenvalue weighted by Gasteiger charge is -2.50. The molecule has 1 aromatic carbocycles. The van der Waals surface area contributed by atoms with E-state index in [1.54, 1.807) is 0 Å². The molecule has 0 radical (unpaired) electrons. The summed E-state index contributed by atoms with van der Waals surface area (Å²) in [7, 11) is 0. The third-order valence-electron chi connectivity index (χ3n) is 6.57. The maximum atomic E-state index is 11.6. The number of nitrogens with two attached hydrogens (primary N) is 1. The highest BCUT2D eigenvalue weighted by atomic mass is 16.3. The Bertz CT molecular complexity index is 614. The predicted molar refractivity (Wildman–Crippen MR) is 104 cm³/mol. The molecule has 1 aromatic rings. The van der Waals surface area contributed by atoms with Crippen LogP contribution in [0.25, 0.3) is 0 Å². The van der Waals surface area contributed by atoms with Crippen LogP contribution in [0, 0.1) is 5.92 Å². The average Bonchev–Trinajstić information content (AvgIpc) is 2.63. The third-order valence-corrected chi connectivity index (χ3v) is 6.57. The number of primary amides is 1. The number of amides is 1. The van der Waals surface area contributed by atoms with E-state index in [4.69, 9.17) is 5.73 Å². The van der Waals surface area contributed by atoms with Crippen molar-refractivity contribution in [3.05, 3.63) is 29.8 Å². The van der Waals surface area contributed by atoms with Crippen molar-refractivity contribution in [2.24, 2.45) is 11.7 Å². The van der Waals surface area contributed by atoms with E-state index in [1.165, 1.54) is 16.2 Å². The molecule has 26 heavy (non-hydrogen) atoms. The summed E-state index contributed by atoms with van der Waals surface area (Å²) in [5.74, 6) is -0.0512. The van der Waals surface area contributed by atoms with Crippen LogP contribution in [0.5, 0.6) is 0 Å². The van der Waals surface area contributed by atoms with Gasteiger partial charge in [-0.2, -0.15) is 0 Å². The molecule has 1 saturated heterocycles. The second-order valence-corrected chi connectivity index (χ2v) is 8.00. The zero-order valence-electron chi connectivity index (χ0n) is 16.2. The van der Waals surface area contributed by atoms with Crippen LogP contribution in [0.3, 0.4) is 0 Å². The Morgan fingerprint density at radius 2 is 1.92 bits per heavy atom. The van der Waals surface area contributed by atoms with Gasteiger partial charge in [0.05, 0.1) is 12.1 Å². The molecule has 1 aliphatic heterocycles. The van der Waals surface area contributed by atoms with Gasteiger partial charge in [0.15, 0.2) is 6.54 Å². The Labute approximate surface area is 157 Å². The van der Waals surface area contributed by atoms with Gasteiger partial charge in [-0.05, 0) is 38.8 Å². The first-order valence-electron chi connectivity index (χ1n) is 10.2. The topological polar surface area (TPSA) is 71.0 Å². The summed E-state index contributed by atoms with van der Waals surface area (Å²) >= 11 is 0. The Hall–Kier alpha value is -1.59. The molecule has 0 spiro atoms. The number of nitrogens with one attached hydrogen (secondary N) is 1. The molecule has 144 valence electrons. The number of fused-ring (bicyclic) bond motifs is 1. The number of carbonyl (C=O) groups excluding carboxylic acids is 1. The smallest absolute Gasteiger partial charge is 0.272 e. The summed E-state index contributed by atoms with van der Waals surface area (Å²) in [6.07, 6.45) is 4.95. The summed E-state index contributed by atoms with van der Waals surface area (Å²) in [5.41, 5.74) is 7.40. The van der Waals surface area contributed by atoms with Crippen molar-refractivity contribution in [1.29, 1.82) is 0 Å². The fourth-order valence-electron chi connectivity index (χ4n) is 5.23. The molecule has 2 aliphatic rings. The fraction of sp³-hybridized carbons (Fsp3) is 0.667. The number of piperidine rings is 1. The SMILES string of the molecule is CCN(CC)c1ccc([C@H]2[C@H]3CCCC[C@]3(O)CC[NH+]2CC(N)=O)cc1. The molecule has 2 fully saturated rings. The van der Waals surface area contributed by atoms with Gasteiger partial charge < -0.3 is 20.6 Å². The average molecular weight is 361 g/mol. The number of benzene rings is 1. The number of anilines is 1. The van der Waals surface area contributed by atoms with Crippen LogP contribution in [-0.2, 0) is 4.79 Å². The van der Waals surface area contributed by atoms with Gasteiger partial charge in [0.25, 0.3) is 5.91 Å². The molecule has 0 bridgehead atoms. The third kappa shape index (κ3) is 3.74. The van der Waals surface area contributed by atoms with E-state index < -0.39 is 5.60 Å². The van der Waals surface area contributed by atoms with Crippen LogP contribution in [0.2, 0.25) is 0 Å². The number of quaternary nitrogens is 1. The van der Waals surface area contributed by atoms with E-state index in [1.807, 2.05) is 0 Å². The number of carbonyl (C=O) groups is 1. The maximum Gasteiger partial charge on any atom is 0.272 e. The molecular weight excluding hydrogens is 326 g/mol. The van der Waals surface area contributed by atoms with Gasteiger partial charge in [0.1, 0.15) is 6.04 Å². The van der Waals surface area contributed by atoms with E-state index in [2.05, 4.69) is 43.0 Å². The van der Waals surface area contributed by atoms with E-state index in [9.17, 15) is 9.90 Å². The molecule has 1 saturated carbocycles. The lowest BCUT2D eigenvalue weighted by Crippen LogP contribution is -3.16. The highest BCUT2D eigenvalue weighted by Gasteiger charge is 2.51. The van der Waals surface area contributed by atoms with Gasteiger partial charge in [0, 0.05) is 36.7 Å². The van der Waals surface area contributed by atoms with Crippen LogP contribution in [0.4, 0.5) is 5.69 Å². The highest BCUT2D eigenvalue weighted by molar-refractivity contribution is 5.74. The molecule has 4 atom stereocenters. The van der Waals surface area contributed by atoms with Gasteiger partial charge in [-0.25, -0.2) is 0 Å². The number of hydrogen-bond donors (Lipinski definition) is 3. The Balaban J connectivity index is 1.91. The number of hydrogen-bond acceptors (Lipinski definition) is 3. The van der Waals surface area contributed by atoms with Gasteiger partial charge in [-0.15, -0.1) is 0 Å². The quantitative estimate of drug-likeness (QED) is 0.715. The summed E-state index contributed by atoms with van der Waals surface area (Å²) in [6.45, 7) is 7.45. The molecule has 3 rings (SSSR count). The molecule has 0 aromatic heterocycles. The van der Waals surface area contributed by atoms with Gasteiger partial charge in [-0.3, -0.25) is 4.79 Å². The maximum absolute atomic E-state index is 11.6. The minimum atomic E-state index is -0.582. The molecule has 1 heterocycles. The van der Waals surface area contributed by atoms with Crippen molar-refractivity contribution in [2.75, 3.05) is 31.1 Å². The molecule has 5 heteroatoms. The first-order valence-corrected chi connectivity index (χ1v) is 10.2. The normalized spacial score (nSPS) is 31.3. The van der Waals surface area contributed by atoms with Crippen molar-refractivity contribution in [3.8, 4) is 0 Å². The van der Waals surface area contributed by atoms with Crippen LogP contribution in [0.1, 0.15) is 57.6 Å². The number of nitrogens with zero attached hydrogens (tertiary/aromatic N) is 1. The summed E-state index contributed by atoms with van der Waals surface area (Å²) in [6, 6.07) is 8.90. The Morgan fingerprint density at radius 3 is 2.54 bits per heavy atom. The van der Waals surface area contributed by atoms with Crippen molar-refractivity contribution in [1.82, 2.24) is 0 Å². The first kappa shape index (κ1) is 19.2. The molecule has 1 aliphatic carbocycles. The Morgan fingerprint density at radius 1 is 1.23 bits per heavy atom. The summed E-state index contributed by atoms with van der Waals surface area (Å²) < 4.78 is 0. The zero-order valence-corrected chi connectivity index (χ0v) is 16.2. The van der Waals surface area contributed by atoms with Crippen LogP contribution >= 0.6 is 0 Å². The van der Waals surface area contributed by atoms with Crippen LogP contribution in [-0.4, -0.2) is 42.8 Å². The molecule has 5 nitrogen and oxygen atoms in total.